The number of methoxy groups -OCH3 is 1. The highest BCUT2D eigenvalue weighted by molar-refractivity contribution is 7.13. The predicted molar refractivity (Wildman–Crippen MR) is 126 cm³/mol. The highest BCUT2D eigenvalue weighted by atomic mass is 32.1. The van der Waals surface area contributed by atoms with Gasteiger partial charge in [0.1, 0.15) is 10.8 Å². The molecule has 6 nitrogen and oxygen atoms in total. The van der Waals surface area contributed by atoms with Crippen molar-refractivity contribution in [3.8, 4) is 27.6 Å². The first kappa shape index (κ1) is 21.4. The van der Waals surface area contributed by atoms with E-state index in [4.69, 9.17) is 4.74 Å². The fourth-order valence-electron chi connectivity index (χ4n) is 3.24. The SMILES string of the molecule is COc1ccccc1C(=O)CCC(=O)Nc1cccc(-c2csc(-c3cccnc3)n2)c1. The Labute approximate surface area is 189 Å². The van der Waals surface area contributed by atoms with Gasteiger partial charge in [0.2, 0.25) is 5.91 Å². The molecule has 0 radical (unpaired) electrons. The zero-order valence-electron chi connectivity index (χ0n) is 17.4. The van der Waals surface area contributed by atoms with Crippen LogP contribution in [0.5, 0.6) is 5.75 Å². The Hall–Kier alpha value is -3.84. The van der Waals surface area contributed by atoms with E-state index in [0.717, 1.165) is 21.8 Å². The fourth-order valence-corrected chi connectivity index (χ4v) is 4.06. The highest BCUT2D eigenvalue weighted by Gasteiger charge is 2.14. The van der Waals surface area contributed by atoms with Crippen LogP contribution >= 0.6 is 11.3 Å². The molecule has 1 amide bonds. The third-order valence-electron chi connectivity index (χ3n) is 4.84. The summed E-state index contributed by atoms with van der Waals surface area (Å²) in [5.74, 6) is 0.163. The number of amides is 1. The van der Waals surface area contributed by atoms with Crippen LogP contribution in [-0.2, 0) is 4.79 Å². The van der Waals surface area contributed by atoms with Gasteiger partial charge in [-0.05, 0) is 36.4 Å². The van der Waals surface area contributed by atoms with Crippen molar-refractivity contribution in [1.29, 1.82) is 0 Å². The van der Waals surface area contributed by atoms with Crippen molar-refractivity contribution < 1.29 is 14.3 Å². The summed E-state index contributed by atoms with van der Waals surface area (Å²) >= 11 is 1.54. The topological polar surface area (TPSA) is 81.2 Å². The number of pyridine rings is 1. The van der Waals surface area contributed by atoms with E-state index in [1.807, 2.05) is 41.8 Å². The summed E-state index contributed by atoms with van der Waals surface area (Å²) in [6, 6.07) is 18.4. The Morgan fingerprint density at radius 3 is 2.66 bits per heavy atom. The number of para-hydroxylation sites is 1. The minimum absolute atomic E-state index is 0.0863. The van der Waals surface area contributed by atoms with Crippen molar-refractivity contribution in [3.05, 3.63) is 84.0 Å². The summed E-state index contributed by atoms with van der Waals surface area (Å²) in [5.41, 5.74) is 3.84. The molecule has 32 heavy (non-hydrogen) atoms. The lowest BCUT2D eigenvalue weighted by molar-refractivity contribution is -0.116. The van der Waals surface area contributed by atoms with Gasteiger partial charge in [-0.1, -0.05) is 24.3 Å². The summed E-state index contributed by atoms with van der Waals surface area (Å²) in [7, 11) is 1.52. The van der Waals surface area contributed by atoms with Crippen LogP contribution in [0, 0.1) is 0 Å². The van der Waals surface area contributed by atoms with Gasteiger partial charge in [0, 0.05) is 47.4 Å². The zero-order valence-corrected chi connectivity index (χ0v) is 18.3. The first-order chi connectivity index (χ1) is 15.6. The van der Waals surface area contributed by atoms with E-state index >= 15 is 0 Å². The lowest BCUT2D eigenvalue weighted by atomic mass is 10.1. The number of ketones is 1. The number of anilines is 1. The van der Waals surface area contributed by atoms with Crippen molar-refractivity contribution in [2.24, 2.45) is 0 Å². The third-order valence-corrected chi connectivity index (χ3v) is 5.73. The second kappa shape index (κ2) is 9.98. The van der Waals surface area contributed by atoms with E-state index < -0.39 is 0 Å². The second-order valence-electron chi connectivity index (χ2n) is 7.03. The zero-order chi connectivity index (χ0) is 22.3. The molecule has 7 heteroatoms. The smallest absolute Gasteiger partial charge is 0.224 e. The van der Waals surface area contributed by atoms with Crippen molar-refractivity contribution in [1.82, 2.24) is 9.97 Å². The van der Waals surface area contributed by atoms with E-state index in [1.165, 1.54) is 7.11 Å². The number of nitrogens with one attached hydrogen (secondary N) is 1. The van der Waals surface area contributed by atoms with E-state index in [-0.39, 0.29) is 24.5 Å². The van der Waals surface area contributed by atoms with Gasteiger partial charge in [-0.2, -0.15) is 0 Å². The van der Waals surface area contributed by atoms with Crippen LogP contribution in [0.15, 0.2) is 78.4 Å². The molecule has 2 heterocycles. The third kappa shape index (κ3) is 5.07. The van der Waals surface area contributed by atoms with Crippen molar-refractivity contribution in [3.63, 3.8) is 0 Å². The maximum Gasteiger partial charge on any atom is 0.224 e. The van der Waals surface area contributed by atoms with Gasteiger partial charge in [-0.3, -0.25) is 14.6 Å². The molecule has 2 aromatic heterocycles. The molecule has 160 valence electrons. The highest BCUT2D eigenvalue weighted by Crippen LogP contribution is 2.29. The Morgan fingerprint density at radius 2 is 1.84 bits per heavy atom. The average molecular weight is 444 g/mol. The number of thiazole rings is 1. The molecule has 4 rings (SSSR count). The van der Waals surface area contributed by atoms with Crippen molar-refractivity contribution in [2.75, 3.05) is 12.4 Å². The number of Topliss-reactive ketones (excluding diaryl/α,β-unsaturated/α-hetero) is 1. The molecular weight excluding hydrogens is 422 g/mol. The van der Waals surface area contributed by atoms with E-state index in [9.17, 15) is 9.59 Å². The van der Waals surface area contributed by atoms with E-state index in [2.05, 4.69) is 15.3 Å². The molecule has 0 fully saturated rings. The van der Waals surface area contributed by atoms with Crippen LogP contribution in [0.1, 0.15) is 23.2 Å². The van der Waals surface area contributed by atoms with Crippen LogP contribution in [-0.4, -0.2) is 28.8 Å². The quantitative estimate of drug-likeness (QED) is 0.365. The van der Waals surface area contributed by atoms with Gasteiger partial charge in [-0.25, -0.2) is 4.98 Å². The van der Waals surface area contributed by atoms with Gasteiger partial charge < -0.3 is 10.1 Å². The molecule has 2 aromatic carbocycles. The first-order valence-corrected chi connectivity index (χ1v) is 10.9. The van der Waals surface area contributed by atoms with Crippen molar-refractivity contribution in [2.45, 2.75) is 12.8 Å². The Bertz CT molecular complexity index is 1240. The number of rotatable bonds is 8. The number of ether oxygens (including phenoxy) is 1. The minimum atomic E-state index is -0.222. The lowest BCUT2D eigenvalue weighted by Gasteiger charge is -2.08. The van der Waals surface area contributed by atoms with E-state index in [0.29, 0.717) is 17.0 Å². The minimum Gasteiger partial charge on any atom is -0.496 e. The molecular formula is C25H21N3O3S. The maximum atomic E-state index is 12.5. The molecule has 0 bridgehead atoms. The largest absolute Gasteiger partial charge is 0.496 e. The van der Waals surface area contributed by atoms with E-state index in [1.54, 1.807) is 48.0 Å². The number of hydrogen-bond donors (Lipinski definition) is 1. The summed E-state index contributed by atoms with van der Waals surface area (Å²) in [6.45, 7) is 0. The number of carbonyl (C=O) groups is 2. The number of benzene rings is 2. The van der Waals surface area contributed by atoms with Crippen LogP contribution in [0.3, 0.4) is 0 Å². The number of hydrogen-bond acceptors (Lipinski definition) is 6. The van der Waals surface area contributed by atoms with Crippen LogP contribution in [0.25, 0.3) is 21.8 Å². The summed E-state index contributed by atoms with van der Waals surface area (Å²) in [5, 5.41) is 5.74. The van der Waals surface area contributed by atoms with Gasteiger partial charge >= 0.3 is 0 Å². The molecule has 0 saturated carbocycles. The molecule has 0 atom stereocenters. The summed E-state index contributed by atoms with van der Waals surface area (Å²) in [6.07, 6.45) is 3.70. The van der Waals surface area contributed by atoms with Gasteiger partial charge in [0.25, 0.3) is 0 Å². The summed E-state index contributed by atoms with van der Waals surface area (Å²) in [4.78, 5) is 33.7. The van der Waals surface area contributed by atoms with Gasteiger partial charge in [0.05, 0.1) is 18.4 Å². The molecule has 0 spiro atoms. The number of aromatic nitrogens is 2. The van der Waals surface area contributed by atoms with Crippen LogP contribution < -0.4 is 10.1 Å². The maximum absolute atomic E-state index is 12.5. The Balaban J connectivity index is 1.39. The lowest BCUT2D eigenvalue weighted by Crippen LogP contribution is -2.13. The number of nitrogens with zero attached hydrogens (tertiary/aromatic N) is 2. The Morgan fingerprint density at radius 1 is 1.00 bits per heavy atom. The van der Waals surface area contributed by atoms with Crippen LogP contribution in [0.4, 0.5) is 5.69 Å². The first-order valence-electron chi connectivity index (χ1n) is 10.1. The molecule has 1 N–H and O–H groups in total. The molecule has 4 aromatic rings. The second-order valence-corrected chi connectivity index (χ2v) is 7.89. The molecule has 0 aliphatic heterocycles. The van der Waals surface area contributed by atoms with Crippen molar-refractivity contribution >= 4 is 28.7 Å². The monoisotopic (exact) mass is 443 g/mol. The molecule has 0 unspecified atom stereocenters. The molecule has 0 saturated heterocycles. The Kier molecular flexibility index (Phi) is 6.67. The molecule has 0 aliphatic carbocycles. The normalized spacial score (nSPS) is 10.5. The van der Waals surface area contributed by atoms with Crippen LogP contribution in [0.2, 0.25) is 0 Å². The van der Waals surface area contributed by atoms with Gasteiger partial charge in [0.15, 0.2) is 5.78 Å². The fraction of sp³-hybridized carbons (Fsp3) is 0.120. The number of carbonyl (C=O) groups excluding carboxylic acids is 2. The summed E-state index contributed by atoms with van der Waals surface area (Å²) < 4.78 is 5.22. The van der Waals surface area contributed by atoms with Gasteiger partial charge in [-0.15, -0.1) is 11.3 Å². The predicted octanol–water partition coefficient (Wildman–Crippen LogP) is 5.48. The molecule has 0 aliphatic rings. The standard InChI is InChI=1S/C25H21N3O3S/c1-31-23-10-3-2-9-20(23)22(29)11-12-24(30)27-19-8-4-6-17(14-19)21-16-32-25(28-21)18-7-5-13-26-15-18/h2-10,13-16H,11-12H2,1H3,(H,27,30). The average Bonchev–Trinajstić information content (AvgIpc) is 3.34.